The fourth-order valence-corrected chi connectivity index (χ4v) is 4.34. The summed E-state index contributed by atoms with van der Waals surface area (Å²) in [6.07, 6.45) is 0.357. The Bertz CT molecular complexity index is 1230. The first kappa shape index (κ1) is 23.4. The van der Waals surface area contributed by atoms with Gasteiger partial charge in [0, 0.05) is 29.2 Å². The summed E-state index contributed by atoms with van der Waals surface area (Å²) in [5.74, 6) is 2.11. The lowest BCUT2D eigenvalue weighted by Gasteiger charge is -2.12. The van der Waals surface area contributed by atoms with E-state index in [1.54, 1.807) is 7.11 Å². The van der Waals surface area contributed by atoms with Gasteiger partial charge in [-0.1, -0.05) is 48.2 Å². The standard InChI is InChI=1S/C26H27N5O2S/c1-19-17-22(33-2)13-14-23(19)28-25(32)15-16-34-26-30-29-24(18-27-20-9-5-3-6-10-20)31(26)21-11-7-4-8-12-21/h3-14,17,27H,15-16,18H2,1-2H3,(H,28,32). The maximum Gasteiger partial charge on any atom is 0.225 e. The molecular formula is C26H27N5O2S. The number of carbonyl (C=O) groups is 1. The lowest BCUT2D eigenvalue weighted by molar-refractivity contribution is -0.115. The third-order valence-electron chi connectivity index (χ3n) is 5.21. The van der Waals surface area contributed by atoms with Crippen molar-refractivity contribution in [2.24, 2.45) is 0 Å². The number of methoxy groups -OCH3 is 1. The average molecular weight is 474 g/mol. The van der Waals surface area contributed by atoms with E-state index in [9.17, 15) is 4.79 Å². The van der Waals surface area contributed by atoms with Gasteiger partial charge >= 0.3 is 0 Å². The van der Waals surface area contributed by atoms with E-state index in [2.05, 4.69) is 20.8 Å². The minimum absolute atomic E-state index is 0.0440. The minimum atomic E-state index is -0.0440. The second-order valence-corrected chi connectivity index (χ2v) is 8.68. The van der Waals surface area contributed by atoms with Gasteiger partial charge in [0.2, 0.25) is 5.91 Å². The molecule has 8 heteroatoms. The number of amides is 1. The number of nitrogens with one attached hydrogen (secondary N) is 2. The Hall–Kier alpha value is -3.78. The van der Waals surface area contributed by atoms with Crippen LogP contribution >= 0.6 is 11.8 Å². The van der Waals surface area contributed by atoms with Crippen molar-refractivity contribution in [1.29, 1.82) is 0 Å². The Morgan fingerprint density at radius 1 is 1.00 bits per heavy atom. The van der Waals surface area contributed by atoms with Gasteiger partial charge in [-0.3, -0.25) is 9.36 Å². The Morgan fingerprint density at radius 3 is 2.44 bits per heavy atom. The highest BCUT2D eigenvalue weighted by molar-refractivity contribution is 7.99. The molecule has 1 heterocycles. The Kier molecular flexibility index (Phi) is 7.83. The Labute approximate surface area is 203 Å². The minimum Gasteiger partial charge on any atom is -0.497 e. The lowest BCUT2D eigenvalue weighted by atomic mass is 10.2. The fourth-order valence-electron chi connectivity index (χ4n) is 3.43. The maximum atomic E-state index is 12.5. The quantitative estimate of drug-likeness (QED) is 0.304. The van der Waals surface area contributed by atoms with Crippen LogP contribution in [-0.4, -0.2) is 33.5 Å². The number of benzene rings is 3. The summed E-state index contributed by atoms with van der Waals surface area (Å²) in [4.78, 5) is 12.5. The predicted octanol–water partition coefficient (Wildman–Crippen LogP) is 5.32. The molecule has 1 aromatic heterocycles. The Balaban J connectivity index is 1.41. The Morgan fingerprint density at radius 2 is 1.74 bits per heavy atom. The molecule has 0 atom stereocenters. The van der Waals surface area contributed by atoms with E-state index in [1.165, 1.54) is 11.8 Å². The number of para-hydroxylation sites is 2. The molecule has 1 amide bonds. The van der Waals surface area contributed by atoms with Gasteiger partial charge in [0.15, 0.2) is 11.0 Å². The van der Waals surface area contributed by atoms with Gasteiger partial charge in [0.1, 0.15) is 5.75 Å². The molecule has 3 aromatic carbocycles. The molecule has 2 N–H and O–H groups in total. The first-order chi connectivity index (χ1) is 16.6. The molecule has 7 nitrogen and oxygen atoms in total. The van der Waals surface area contributed by atoms with Crippen molar-refractivity contribution in [2.45, 2.75) is 25.0 Å². The molecule has 0 aliphatic rings. The van der Waals surface area contributed by atoms with Gasteiger partial charge in [0.25, 0.3) is 0 Å². The molecule has 0 radical (unpaired) electrons. The molecule has 4 rings (SSSR count). The van der Waals surface area contributed by atoms with E-state index < -0.39 is 0 Å². The highest BCUT2D eigenvalue weighted by Gasteiger charge is 2.15. The average Bonchev–Trinajstić information content (AvgIpc) is 3.27. The van der Waals surface area contributed by atoms with Crippen molar-refractivity contribution in [2.75, 3.05) is 23.5 Å². The number of hydrogen-bond donors (Lipinski definition) is 2. The van der Waals surface area contributed by atoms with Crippen LogP contribution in [0.2, 0.25) is 0 Å². The number of carbonyl (C=O) groups excluding carboxylic acids is 1. The first-order valence-corrected chi connectivity index (χ1v) is 12.0. The number of hydrogen-bond acceptors (Lipinski definition) is 6. The SMILES string of the molecule is COc1ccc(NC(=O)CCSc2nnc(CNc3ccccc3)n2-c2ccccc2)c(C)c1. The van der Waals surface area contributed by atoms with Crippen LogP contribution in [0.5, 0.6) is 5.75 Å². The van der Waals surface area contributed by atoms with Gasteiger partial charge in [-0.2, -0.15) is 0 Å². The van der Waals surface area contributed by atoms with Crippen molar-refractivity contribution < 1.29 is 9.53 Å². The zero-order valence-electron chi connectivity index (χ0n) is 19.2. The zero-order valence-corrected chi connectivity index (χ0v) is 20.0. The summed E-state index contributed by atoms with van der Waals surface area (Å²) < 4.78 is 7.26. The molecule has 0 aliphatic carbocycles. The fraction of sp³-hybridized carbons (Fsp3) is 0.192. The number of nitrogens with zero attached hydrogens (tertiary/aromatic N) is 3. The molecule has 34 heavy (non-hydrogen) atoms. The van der Waals surface area contributed by atoms with Crippen LogP contribution < -0.4 is 15.4 Å². The highest BCUT2D eigenvalue weighted by Crippen LogP contribution is 2.24. The molecule has 0 saturated carbocycles. The van der Waals surface area contributed by atoms with Crippen LogP contribution in [-0.2, 0) is 11.3 Å². The summed E-state index contributed by atoms with van der Waals surface area (Å²) in [6, 6.07) is 25.6. The summed E-state index contributed by atoms with van der Waals surface area (Å²) >= 11 is 1.51. The van der Waals surface area contributed by atoms with E-state index in [-0.39, 0.29) is 5.91 Å². The highest BCUT2D eigenvalue weighted by atomic mass is 32.2. The number of anilines is 2. The summed E-state index contributed by atoms with van der Waals surface area (Å²) in [7, 11) is 1.63. The summed E-state index contributed by atoms with van der Waals surface area (Å²) in [5, 5.41) is 16.0. The molecule has 0 fully saturated rings. The van der Waals surface area contributed by atoms with Crippen LogP contribution in [0.3, 0.4) is 0 Å². The van der Waals surface area contributed by atoms with Crippen molar-refractivity contribution >= 4 is 29.0 Å². The van der Waals surface area contributed by atoms with Gasteiger partial charge in [-0.05, 0) is 55.0 Å². The van der Waals surface area contributed by atoms with E-state index in [1.807, 2.05) is 90.4 Å². The van der Waals surface area contributed by atoms with E-state index >= 15 is 0 Å². The van der Waals surface area contributed by atoms with Crippen LogP contribution in [0, 0.1) is 6.92 Å². The number of rotatable bonds is 10. The first-order valence-electron chi connectivity index (χ1n) is 11.0. The number of thioether (sulfide) groups is 1. The normalized spacial score (nSPS) is 10.6. The van der Waals surface area contributed by atoms with Crippen molar-refractivity contribution in [3.8, 4) is 11.4 Å². The van der Waals surface area contributed by atoms with E-state index in [4.69, 9.17) is 4.74 Å². The molecule has 4 aromatic rings. The molecular weight excluding hydrogens is 446 g/mol. The number of ether oxygens (including phenoxy) is 1. The van der Waals surface area contributed by atoms with Crippen LogP contribution in [0.15, 0.2) is 84.0 Å². The second kappa shape index (κ2) is 11.4. The predicted molar refractivity (Wildman–Crippen MR) is 137 cm³/mol. The van der Waals surface area contributed by atoms with Crippen molar-refractivity contribution in [3.05, 3.63) is 90.3 Å². The maximum absolute atomic E-state index is 12.5. The van der Waals surface area contributed by atoms with E-state index in [0.717, 1.165) is 39.4 Å². The molecule has 0 bridgehead atoms. The van der Waals surface area contributed by atoms with Gasteiger partial charge in [-0.25, -0.2) is 0 Å². The third kappa shape index (κ3) is 5.96. The van der Waals surface area contributed by atoms with Crippen LogP contribution in [0.1, 0.15) is 17.8 Å². The summed E-state index contributed by atoms with van der Waals surface area (Å²) in [6.45, 7) is 2.48. The number of aromatic nitrogens is 3. The second-order valence-electron chi connectivity index (χ2n) is 7.62. The molecule has 0 aliphatic heterocycles. The van der Waals surface area contributed by atoms with Crippen molar-refractivity contribution in [1.82, 2.24) is 14.8 Å². The molecule has 174 valence electrons. The summed E-state index contributed by atoms with van der Waals surface area (Å²) in [5.41, 5.74) is 3.75. The third-order valence-corrected chi connectivity index (χ3v) is 6.14. The van der Waals surface area contributed by atoms with E-state index in [0.29, 0.717) is 18.7 Å². The molecule has 0 unspecified atom stereocenters. The molecule has 0 spiro atoms. The lowest BCUT2D eigenvalue weighted by Crippen LogP contribution is -2.13. The van der Waals surface area contributed by atoms with Crippen LogP contribution in [0.4, 0.5) is 11.4 Å². The zero-order chi connectivity index (χ0) is 23.8. The topological polar surface area (TPSA) is 81.1 Å². The molecule has 0 saturated heterocycles. The van der Waals surface area contributed by atoms with Gasteiger partial charge < -0.3 is 15.4 Å². The smallest absolute Gasteiger partial charge is 0.225 e. The van der Waals surface area contributed by atoms with Crippen molar-refractivity contribution in [3.63, 3.8) is 0 Å². The van der Waals surface area contributed by atoms with Gasteiger partial charge in [0.05, 0.1) is 13.7 Å². The monoisotopic (exact) mass is 473 g/mol. The largest absolute Gasteiger partial charge is 0.497 e. The van der Waals surface area contributed by atoms with Gasteiger partial charge in [-0.15, -0.1) is 10.2 Å². The van der Waals surface area contributed by atoms with Crippen LogP contribution in [0.25, 0.3) is 5.69 Å². The number of aryl methyl sites for hydroxylation is 1.